The van der Waals surface area contributed by atoms with Crippen molar-refractivity contribution >= 4 is 27.5 Å². The molecule has 1 aromatic heterocycles. The van der Waals surface area contributed by atoms with Gasteiger partial charge >= 0.3 is 0 Å². The van der Waals surface area contributed by atoms with Crippen LogP contribution >= 0.6 is 11.3 Å². The Labute approximate surface area is 98.6 Å². The van der Waals surface area contributed by atoms with Crippen molar-refractivity contribution in [3.05, 3.63) is 16.1 Å². The second-order valence-electron chi connectivity index (χ2n) is 3.93. The molecule has 1 saturated heterocycles. The van der Waals surface area contributed by atoms with Gasteiger partial charge in [0, 0.05) is 23.9 Å². The second-order valence-corrected chi connectivity index (χ2v) is 7.53. The fourth-order valence-electron chi connectivity index (χ4n) is 1.90. The molecule has 1 atom stereocenters. The van der Waals surface area contributed by atoms with Gasteiger partial charge in [0.15, 0.2) is 9.84 Å². The van der Waals surface area contributed by atoms with Crippen LogP contribution in [0.4, 0.5) is 0 Å². The highest BCUT2D eigenvalue weighted by molar-refractivity contribution is 7.92. The average Bonchev–Trinajstić information content (AvgIpc) is 2.76. The molecule has 1 unspecified atom stereocenters. The Balaban J connectivity index is 2.06. The lowest BCUT2D eigenvalue weighted by molar-refractivity contribution is -0.107. The highest BCUT2D eigenvalue weighted by Gasteiger charge is 2.31. The molecule has 0 aliphatic carbocycles. The second kappa shape index (κ2) is 4.63. The van der Waals surface area contributed by atoms with Gasteiger partial charge in [0.25, 0.3) is 0 Å². The largest absolute Gasteiger partial charge is 0.303 e. The van der Waals surface area contributed by atoms with Gasteiger partial charge < -0.3 is 4.79 Å². The maximum Gasteiger partial charge on any atom is 0.153 e. The Morgan fingerprint density at radius 3 is 3.00 bits per heavy atom. The van der Waals surface area contributed by atoms with E-state index in [1.54, 1.807) is 6.20 Å². The SMILES string of the molecule is O=CCc1cnc(CC2CCCS2(=O)=O)s1. The van der Waals surface area contributed by atoms with E-state index in [1.807, 2.05) is 0 Å². The number of hydrogen-bond acceptors (Lipinski definition) is 5. The van der Waals surface area contributed by atoms with Crippen molar-refractivity contribution in [2.75, 3.05) is 5.75 Å². The summed E-state index contributed by atoms with van der Waals surface area (Å²) in [5, 5.41) is 0.565. The Morgan fingerprint density at radius 2 is 2.38 bits per heavy atom. The molecule has 2 rings (SSSR count). The molecule has 1 aliphatic rings. The van der Waals surface area contributed by atoms with Crippen LogP contribution in [0.3, 0.4) is 0 Å². The number of rotatable bonds is 4. The molecule has 0 amide bonds. The molecular formula is C10H13NO3S2. The highest BCUT2D eigenvalue weighted by Crippen LogP contribution is 2.25. The first-order valence-corrected chi connectivity index (χ1v) is 7.74. The van der Waals surface area contributed by atoms with Crippen LogP contribution in [-0.2, 0) is 27.5 Å². The van der Waals surface area contributed by atoms with Gasteiger partial charge in [-0.15, -0.1) is 11.3 Å². The number of aldehydes is 1. The molecular weight excluding hydrogens is 246 g/mol. The van der Waals surface area contributed by atoms with E-state index in [1.165, 1.54) is 11.3 Å². The Bertz CT molecular complexity index is 478. The van der Waals surface area contributed by atoms with E-state index in [0.29, 0.717) is 18.6 Å². The van der Waals surface area contributed by atoms with Crippen LogP contribution in [0.1, 0.15) is 22.7 Å². The zero-order valence-corrected chi connectivity index (χ0v) is 10.4. The standard InChI is InChI=1S/C10H13NO3S2/c12-4-3-8-7-11-10(15-8)6-9-2-1-5-16(9,13)14/h4,7,9H,1-3,5-6H2. The van der Waals surface area contributed by atoms with E-state index in [-0.39, 0.29) is 5.25 Å². The third kappa shape index (κ3) is 2.49. The van der Waals surface area contributed by atoms with Crippen molar-refractivity contribution in [2.45, 2.75) is 30.9 Å². The van der Waals surface area contributed by atoms with E-state index in [0.717, 1.165) is 29.0 Å². The maximum absolute atomic E-state index is 11.6. The summed E-state index contributed by atoms with van der Waals surface area (Å²) in [6.07, 6.45) is 4.88. The molecule has 1 aromatic rings. The molecule has 88 valence electrons. The number of nitrogens with zero attached hydrogens (tertiary/aromatic N) is 1. The smallest absolute Gasteiger partial charge is 0.153 e. The van der Waals surface area contributed by atoms with Crippen LogP contribution in [0.25, 0.3) is 0 Å². The molecule has 2 heterocycles. The van der Waals surface area contributed by atoms with Gasteiger partial charge in [0.1, 0.15) is 6.29 Å². The van der Waals surface area contributed by atoms with E-state index in [9.17, 15) is 13.2 Å². The fraction of sp³-hybridized carbons (Fsp3) is 0.600. The molecule has 4 nitrogen and oxygen atoms in total. The van der Waals surface area contributed by atoms with Gasteiger partial charge in [-0.1, -0.05) is 0 Å². The van der Waals surface area contributed by atoms with Crippen LogP contribution in [-0.4, -0.2) is 30.7 Å². The van der Waals surface area contributed by atoms with Crippen LogP contribution in [0, 0.1) is 0 Å². The predicted octanol–water partition coefficient (Wildman–Crippen LogP) is 1.00. The van der Waals surface area contributed by atoms with Gasteiger partial charge in [-0.3, -0.25) is 0 Å². The van der Waals surface area contributed by atoms with Crippen LogP contribution < -0.4 is 0 Å². The third-order valence-electron chi connectivity index (χ3n) is 2.75. The number of carbonyl (C=O) groups is 1. The van der Waals surface area contributed by atoms with Gasteiger partial charge in [-0.2, -0.15) is 0 Å². The molecule has 0 radical (unpaired) electrons. The van der Waals surface area contributed by atoms with E-state index >= 15 is 0 Å². The topological polar surface area (TPSA) is 64.1 Å². The quantitative estimate of drug-likeness (QED) is 0.757. The first-order valence-electron chi connectivity index (χ1n) is 5.20. The number of carbonyl (C=O) groups excluding carboxylic acids is 1. The average molecular weight is 259 g/mol. The number of aromatic nitrogens is 1. The van der Waals surface area contributed by atoms with Crippen molar-refractivity contribution in [1.82, 2.24) is 4.98 Å². The zero-order valence-electron chi connectivity index (χ0n) is 8.76. The summed E-state index contributed by atoms with van der Waals surface area (Å²) in [6, 6.07) is 0. The fourth-order valence-corrected chi connectivity index (χ4v) is 4.80. The summed E-state index contributed by atoms with van der Waals surface area (Å²) in [4.78, 5) is 15.4. The van der Waals surface area contributed by atoms with Crippen LogP contribution in [0.5, 0.6) is 0 Å². The van der Waals surface area contributed by atoms with Crippen molar-refractivity contribution in [3.8, 4) is 0 Å². The van der Waals surface area contributed by atoms with Crippen molar-refractivity contribution in [1.29, 1.82) is 0 Å². The highest BCUT2D eigenvalue weighted by atomic mass is 32.2. The minimum absolute atomic E-state index is 0.261. The Hall–Kier alpha value is -0.750. The van der Waals surface area contributed by atoms with E-state index < -0.39 is 9.84 Å². The summed E-state index contributed by atoms with van der Waals surface area (Å²) < 4.78 is 23.2. The van der Waals surface area contributed by atoms with Crippen LogP contribution in [0.15, 0.2) is 6.20 Å². The predicted molar refractivity (Wildman–Crippen MR) is 62.4 cm³/mol. The molecule has 0 bridgehead atoms. The van der Waals surface area contributed by atoms with Crippen molar-refractivity contribution < 1.29 is 13.2 Å². The van der Waals surface area contributed by atoms with Gasteiger partial charge in [0.2, 0.25) is 0 Å². The molecule has 16 heavy (non-hydrogen) atoms. The Kier molecular flexibility index (Phi) is 3.39. The monoisotopic (exact) mass is 259 g/mol. The zero-order chi connectivity index (χ0) is 11.6. The molecule has 6 heteroatoms. The molecule has 0 N–H and O–H groups in total. The lowest BCUT2D eigenvalue weighted by atomic mass is 10.2. The minimum atomic E-state index is -2.89. The number of hydrogen-bond donors (Lipinski definition) is 0. The Morgan fingerprint density at radius 1 is 1.56 bits per heavy atom. The van der Waals surface area contributed by atoms with Gasteiger partial charge in [0.05, 0.1) is 16.0 Å². The molecule has 0 saturated carbocycles. The normalized spacial score (nSPS) is 23.4. The summed E-state index contributed by atoms with van der Waals surface area (Å²) in [5.74, 6) is 0.310. The summed E-state index contributed by atoms with van der Waals surface area (Å²) in [5.41, 5.74) is 0. The lowest BCUT2D eigenvalue weighted by Crippen LogP contribution is -2.18. The first-order chi connectivity index (χ1) is 7.62. The van der Waals surface area contributed by atoms with Crippen LogP contribution in [0.2, 0.25) is 0 Å². The first kappa shape index (κ1) is 11.7. The van der Waals surface area contributed by atoms with E-state index in [4.69, 9.17) is 0 Å². The summed E-state index contributed by atoms with van der Waals surface area (Å²) in [6.45, 7) is 0. The van der Waals surface area contributed by atoms with Gasteiger partial charge in [-0.25, -0.2) is 13.4 Å². The molecule has 0 spiro atoms. The molecule has 1 aliphatic heterocycles. The van der Waals surface area contributed by atoms with Crippen molar-refractivity contribution in [3.63, 3.8) is 0 Å². The number of thiazole rings is 1. The van der Waals surface area contributed by atoms with Gasteiger partial charge in [-0.05, 0) is 12.8 Å². The van der Waals surface area contributed by atoms with Crippen molar-refractivity contribution in [2.24, 2.45) is 0 Å². The van der Waals surface area contributed by atoms with E-state index in [2.05, 4.69) is 4.98 Å². The third-order valence-corrected chi connectivity index (χ3v) is 6.07. The number of sulfone groups is 1. The summed E-state index contributed by atoms with van der Waals surface area (Å²) >= 11 is 1.44. The minimum Gasteiger partial charge on any atom is -0.303 e. The molecule has 0 aromatic carbocycles. The maximum atomic E-state index is 11.6. The summed E-state index contributed by atoms with van der Waals surface area (Å²) in [7, 11) is -2.89. The lowest BCUT2D eigenvalue weighted by Gasteiger charge is -2.05. The molecule has 1 fully saturated rings.